The maximum atomic E-state index is 11.5. The van der Waals surface area contributed by atoms with E-state index < -0.39 is 5.91 Å². The number of fused-ring (bicyclic) bond motifs is 1. The number of H-pyrrole nitrogens is 1. The minimum Gasteiger partial charge on any atom is -0.364 e. The summed E-state index contributed by atoms with van der Waals surface area (Å²) in [4.78, 5) is 17.5. The zero-order chi connectivity index (χ0) is 13.4. The number of nitrogens with two attached hydrogens (primary N) is 1. The van der Waals surface area contributed by atoms with Gasteiger partial charge >= 0.3 is 0 Å². The van der Waals surface area contributed by atoms with Gasteiger partial charge in [0.1, 0.15) is 10.5 Å². The summed E-state index contributed by atoms with van der Waals surface area (Å²) in [5.74, 6) is -0.430. The molecule has 0 aliphatic rings. The summed E-state index contributed by atoms with van der Waals surface area (Å²) in [5.41, 5.74) is 5.91. The summed E-state index contributed by atoms with van der Waals surface area (Å²) < 4.78 is 1.01. The maximum absolute atomic E-state index is 11.5. The zero-order valence-electron chi connectivity index (χ0n) is 9.64. The fourth-order valence-electron chi connectivity index (χ4n) is 1.82. The van der Waals surface area contributed by atoms with E-state index in [-0.39, 0.29) is 0 Å². The standard InChI is InChI=1S/C13H9BrN2OS2/c14-7-2-1-3-8(6-7)19-11-9-4-5-18-13(9)16-10(11)12(15)17/h1-6,16H,(H2,15,17). The first kappa shape index (κ1) is 12.8. The number of nitrogens with one attached hydrogen (secondary N) is 1. The van der Waals surface area contributed by atoms with Crippen LogP contribution in [0.3, 0.4) is 0 Å². The van der Waals surface area contributed by atoms with Crippen molar-refractivity contribution in [3.63, 3.8) is 0 Å². The van der Waals surface area contributed by atoms with Gasteiger partial charge in [-0.3, -0.25) is 4.79 Å². The third kappa shape index (κ3) is 2.43. The normalized spacial score (nSPS) is 11.0. The lowest BCUT2D eigenvalue weighted by atomic mass is 10.3. The Kier molecular flexibility index (Phi) is 3.38. The number of amides is 1. The molecule has 6 heteroatoms. The number of thiophene rings is 1. The molecule has 0 bridgehead atoms. The summed E-state index contributed by atoms with van der Waals surface area (Å²) in [5, 5.41) is 3.04. The van der Waals surface area contributed by atoms with Crippen LogP contribution in [0.2, 0.25) is 0 Å². The van der Waals surface area contributed by atoms with Crippen LogP contribution in [0.1, 0.15) is 10.5 Å². The number of rotatable bonds is 3. The number of aromatic amines is 1. The molecule has 19 heavy (non-hydrogen) atoms. The molecule has 0 saturated carbocycles. The van der Waals surface area contributed by atoms with E-state index in [1.807, 2.05) is 35.7 Å². The second-order valence-electron chi connectivity index (χ2n) is 3.92. The van der Waals surface area contributed by atoms with Gasteiger partial charge in [0.05, 0.1) is 4.90 Å². The van der Waals surface area contributed by atoms with Gasteiger partial charge in [-0.1, -0.05) is 33.8 Å². The largest absolute Gasteiger partial charge is 0.364 e. The van der Waals surface area contributed by atoms with Gasteiger partial charge in [0.2, 0.25) is 0 Å². The van der Waals surface area contributed by atoms with Crippen LogP contribution in [-0.2, 0) is 0 Å². The van der Waals surface area contributed by atoms with Crippen molar-refractivity contribution >= 4 is 55.2 Å². The number of carbonyl (C=O) groups is 1. The van der Waals surface area contributed by atoms with Crippen molar-refractivity contribution in [2.24, 2.45) is 5.73 Å². The number of primary amides is 1. The van der Waals surface area contributed by atoms with Crippen molar-refractivity contribution < 1.29 is 4.79 Å². The molecule has 3 aromatic rings. The fourth-order valence-corrected chi connectivity index (χ4v) is 4.33. The van der Waals surface area contributed by atoms with Crippen LogP contribution in [0.15, 0.2) is 50.0 Å². The molecule has 1 aromatic carbocycles. The number of halogens is 1. The molecular weight excluding hydrogens is 344 g/mol. The van der Waals surface area contributed by atoms with E-state index in [9.17, 15) is 4.79 Å². The van der Waals surface area contributed by atoms with Gasteiger partial charge in [-0.25, -0.2) is 0 Å². The molecule has 3 nitrogen and oxygen atoms in total. The molecule has 96 valence electrons. The van der Waals surface area contributed by atoms with Crippen LogP contribution in [-0.4, -0.2) is 10.9 Å². The summed E-state index contributed by atoms with van der Waals surface area (Å²) >= 11 is 6.55. The van der Waals surface area contributed by atoms with Crippen molar-refractivity contribution in [2.45, 2.75) is 9.79 Å². The highest BCUT2D eigenvalue weighted by Gasteiger charge is 2.17. The second kappa shape index (κ2) is 5.03. The Morgan fingerprint density at radius 2 is 2.21 bits per heavy atom. The Morgan fingerprint density at radius 1 is 1.37 bits per heavy atom. The third-order valence-electron chi connectivity index (χ3n) is 2.64. The number of aromatic nitrogens is 1. The second-order valence-corrected chi connectivity index (χ2v) is 6.83. The van der Waals surface area contributed by atoms with Crippen LogP contribution in [0.4, 0.5) is 0 Å². The van der Waals surface area contributed by atoms with E-state index in [0.717, 1.165) is 24.5 Å². The van der Waals surface area contributed by atoms with Gasteiger partial charge in [-0.05, 0) is 29.6 Å². The van der Waals surface area contributed by atoms with Crippen LogP contribution in [0.25, 0.3) is 10.2 Å². The molecule has 2 heterocycles. The van der Waals surface area contributed by atoms with Crippen molar-refractivity contribution in [3.05, 3.63) is 45.9 Å². The number of hydrogen-bond donors (Lipinski definition) is 2. The maximum Gasteiger partial charge on any atom is 0.266 e. The Morgan fingerprint density at radius 3 is 2.95 bits per heavy atom. The summed E-state index contributed by atoms with van der Waals surface area (Å²) in [7, 11) is 0. The number of benzene rings is 1. The minimum atomic E-state index is -0.430. The first-order chi connectivity index (χ1) is 9.15. The van der Waals surface area contributed by atoms with Crippen molar-refractivity contribution in [2.75, 3.05) is 0 Å². The molecule has 0 fully saturated rings. The summed E-state index contributed by atoms with van der Waals surface area (Å²) in [6.07, 6.45) is 0. The SMILES string of the molecule is NC(=O)c1[nH]c2sccc2c1Sc1cccc(Br)c1. The molecule has 2 aromatic heterocycles. The monoisotopic (exact) mass is 352 g/mol. The lowest BCUT2D eigenvalue weighted by Gasteiger charge is -2.02. The Balaban J connectivity index is 2.10. The van der Waals surface area contributed by atoms with Crippen molar-refractivity contribution in [1.29, 1.82) is 0 Å². The van der Waals surface area contributed by atoms with Gasteiger partial charge in [0.25, 0.3) is 5.91 Å². The molecule has 0 atom stereocenters. The topological polar surface area (TPSA) is 58.9 Å². The van der Waals surface area contributed by atoms with Crippen LogP contribution >= 0.6 is 39.0 Å². The highest BCUT2D eigenvalue weighted by molar-refractivity contribution is 9.10. The number of carbonyl (C=O) groups excluding carboxylic acids is 1. The van der Waals surface area contributed by atoms with Crippen LogP contribution in [0.5, 0.6) is 0 Å². The smallest absolute Gasteiger partial charge is 0.266 e. The minimum absolute atomic E-state index is 0.430. The van der Waals surface area contributed by atoms with Crippen LogP contribution < -0.4 is 5.73 Å². The summed E-state index contributed by atoms with van der Waals surface area (Å²) in [6.45, 7) is 0. The van der Waals surface area contributed by atoms with E-state index in [1.165, 1.54) is 0 Å². The first-order valence-corrected chi connectivity index (χ1v) is 7.96. The molecule has 0 radical (unpaired) electrons. The van der Waals surface area contributed by atoms with Crippen LogP contribution in [0, 0.1) is 0 Å². The lowest BCUT2D eigenvalue weighted by molar-refractivity contribution is 0.0993. The molecule has 3 rings (SSSR count). The third-order valence-corrected chi connectivity index (χ3v) is 5.08. The molecule has 3 N–H and O–H groups in total. The molecule has 0 saturated heterocycles. The average Bonchev–Trinajstić information content (AvgIpc) is 2.92. The van der Waals surface area contributed by atoms with Gasteiger partial charge in [0, 0.05) is 14.8 Å². The molecule has 0 spiro atoms. The van der Waals surface area contributed by atoms with E-state index in [2.05, 4.69) is 20.9 Å². The van der Waals surface area contributed by atoms with Gasteiger partial charge < -0.3 is 10.7 Å². The average molecular weight is 353 g/mol. The van der Waals surface area contributed by atoms with E-state index in [4.69, 9.17) is 5.73 Å². The van der Waals surface area contributed by atoms with E-state index in [1.54, 1.807) is 23.1 Å². The lowest BCUT2D eigenvalue weighted by Crippen LogP contribution is -2.12. The molecule has 0 aliphatic heterocycles. The number of hydrogen-bond acceptors (Lipinski definition) is 3. The van der Waals surface area contributed by atoms with Gasteiger partial charge in [-0.15, -0.1) is 11.3 Å². The van der Waals surface area contributed by atoms with Crippen molar-refractivity contribution in [1.82, 2.24) is 4.98 Å². The van der Waals surface area contributed by atoms with E-state index >= 15 is 0 Å². The van der Waals surface area contributed by atoms with Gasteiger partial charge in [0.15, 0.2) is 0 Å². The highest BCUT2D eigenvalue weighted by Crippen LogP contribution is 2.38. The van der Waals surface area contributed by atoms with Gasteiger partial charge in [-0.2, -0.15) is 0 Å². The summed E-state index contributed by atoms with van der Waals surface area (Å²) in [6, 6.07) is 9.96. The molecule has 1 amide bonds. The predicted molar refractivity (Wildman–Crippen MR) is 83.0 cm³/mol. The quantitative estimate of drug-likeness (QED) is 0.740. The Labute approximate surface area is 126 Å². The molecule has 0 unspecified atom stereocenters. The predicted octanol–water partition coefficient (Wildman–Crippen LogP) is 4.24. The van der Waals surface area contributed by atoms with E-state index in [0.29, 0.717) is 5.69 Å². The Hall–Kier alpha value is -1.24. The highest BCUT2D eigenvalue weighted by atomic mass is 79.9. The first-order valence-electron chi connectivity index (χ1n) is 5.47. The molecular formula is C13H9BrN2OS2. The fraction of sp³-hybridized carbons (Fsp3) is 0. The zero-order valence-corrected chi connectivity index (χ0v) is 12.9. The Bertz CT molecular complexity index is 763. The van der Waals surface area contributed by atoms with Crippen molar-refractivity contribution in [3.8, 4) is 0 Å². The molecule has 0 aliphatic carbocycles.